The molecule has 1 rings (SSSR count). The first kappa shape index (κ1) is 8.86. The summed E-state index contributed by atoms with van der Waals surface area (Å²) in [4.78, 5) is 9.91. The van der Waals surface area contributed by atoms with Crippen molar-refractivity contribution >= 4 is 10.0 Å². The van der Waals surface area contributed by atoms with Gasteiger partial charge >= 0.3 is 10.0 Å². The van der Waals surface area contributed by atoms with Gasteiger partial charge in [0.2, 0.25) is 0 Å². The van der Waals surface area contributed by atoms with Crippen LogP contribution in [0, 0.1) is 11.8 Å². The van der Waals surface area contributed by atoms with Gasteiger partial charge < -0.3 is 0 Å². The van der Waals surface area contributed by atoms with Gasteiger partial charge in [-0.3, -0.25) is 0 Å². The number of hydrogen-bond donors (Lipinski definition) is 0. The van der Waals surface area contributed by atoms with E-state index in [1.54, 1.807) is 25.1 Å². The Hall–Kier alpha value is -1.23. The van der Waals surface area contributed by atoms with Gasteiger partial charge in [-0.2, -0.15) is 8.42 Å². The largest absolute Gasteiger partial charge is 0.317 e. The van der Waals surface area contributed by atoms with Crippen molar-refractivity contribution in [2.45, 2.75) is 11.8 Å². The minimum Gasteiger partial charge on any atom is -0.196 e. The zero-order chi connectivity index (χ0) is 9.19. The molecule has 0 aliphatic carbocycles. The first-order valence-electron chi connectivity index (χ1n) is 3.23. The number of sulfonamides is 1. The first-order chi connectivity index (χ1) is 5.58. The average molecular weight is 185 g/mol. The van der Waals surface area contributed by atoms with Crippen LogP contribution in [-0.4, -0.2) is 8.42 Å². The zero-order valence-corrected chi connectivity index (χ0v) is 7.21. The van der Waals surface area contributed by atoms with Crippen LogP contribution >= 0.6 is 0 Å². The second-order valence-electron chi connectivity index (χ2n) is 2.32. The van der Waals surface area contributed by atoms with E-state index in [-0.39, 0.29) is 4.90 Å². The molecule has 0 unspecified atom stereocenters. The van der Waals surface area contributed by atoms with Gasteiger partial charge in [-0.25, -0.2) is 0 Å². The van der Waals surface area contributed by atoms with E-state index in [4.69, 9.17) is 0 Å². The highest BCUT2D eigenvalue weighted by Gasteiger charge is 2.15. The molecule has 0 heterocycles. The highest BCUT2D eigenvalue weighted by atomic mass is 32.2. The molecule has 0 amide bonds. The average Bonchev–Trinajstić information content (AvgIpc) is 2.05. The molecule has 0 N–H and O–H groups in total. The first-order valence-corrected chi connectivity index (χ1v) is 4.67. The van der Waals surface area contributed by atoms with E-state index in [2.05, 4.69) is 4.58 Å². The lowest BCUT2D eigenvalue weighted by Gasteiger charge is -1.98. The number of benzene rings is 1. The minimum absolute atomic E-state index is 0.0278. The summed E-state index contributed by atoms with van der Waals surface area (Å²) < 4.78 is 24.0. The van der Waals surface area contributed by atoms with Crippen molar-refractivity contribution in [1.82, 2.24) is 0 Å². The van der Waals surface area contributed by atoms with E-state index in [0.29, 0.717) is 5.56 Å². The molecule has 64 valence electrons. The molecule has 4 nitrogen and oxygen atoms in total. The summed E-state index contributed by atoms with van der Waals surface area (Å²) in [6.45, 7) is 1.61. The van der Waals surface area contributed by atoms with E-state index in [1.165, 1.54) is 6.07 Å². The monoisotopic (exact) mass is 185 g/mol. The van der Waals surface area contributed by atoms with Gasteiger partial charge in [-0.15, -0.1) is 4.91 Å². The fraction of sp³-hybridized carbons (Fsp3) is 0.143. The second-order valence-corrected chi connectivity index (χ2v) is 3.85. The molecular formula is C7H7NO3S. The maximum atomic E-state index is 10.9. The van der Waals surface area contributed by atoms with Gasteiger partial charge in [-0.05, 0) is 18.6 Å². The lowest BCUT2D eigenvalue weighted by molar-refractivity contribution is 0.597. The van der Waals surface area contributed by atoms with Crippen LogP contribution in [0.5, 0.6) is 0 Å². The van der Waals surface area contributed by atoms with Crippen LogP contribution in [0.2, 0.25) is 0 Å². The molecule has 0 aliphatic rings. The van der Waals surface area contributed by atoms with Crippen molar-refractivity contribution in [1.29, 1.82) is 0 Å². The molecular weight excluding hydrogens is 178 g/mol. The second kappa shape index (κ2) is 3.02. The third-order valence-corrected chi connectivity index (χ3v) is 2.68. The molecule has 0 atom stereocenters. The van der Waals surface area contributed by atoms with Gasteiger partial charge in [0.05, 0.1) is 9.48 Å². The molecule has 0 aromatic heterocycles. The normalized spacial score (nSPS) is 11.1. The Bertz CT molecular complexity index is 397. The Kier molecular flexibility index (Phi) is 2.23. The van der Waals surface area contributed by atoms with Crippen LogP contribution in [0.3, 0.4) is 0 Å². The van der Waals surface area contributed by atoms with Crippen molar-refractivity contribution in [3.8, 4) is 0 Å². The molecule has 0 saturated heterocycles. The van der Waals surface area contributed by atoms with Gasteiger partial charge in [0.1, 0.15) is 0 Å². The molecule has 12 heavy (non-hydrogen) atoms. The molecule has 1 aromatic rings. The molecule has 5 heteroatoms. The van der Waals surface area contributed by atoms with E-state index >= 15 is 0 Å². The molecule has 0 bridgehead atoms. The fourth-order valence-electron chi connectivity index (χ4n) is 0.886. The van der Waals surface area contributed by atoms with Crippen molar-refractivity contribution in [3.05, 3.63) is 34.7 Å². The number of aryl methyl sites for hydroxylation is 1. The summed E-state index contributed by atoms with van der Waals surface area (Å²) >= 11 is 0. The highest BCUT2D eigenvalue weighted by Crippen LogP contribution is 2.15. The van der Waals surface area contributed by atoms with E-state index in [1.807, 2.05) is 0 Å². The van der Waals surface area contributed by atoms with Crippen LogP contribution in [0.4, 0.5) is 0 Å². The van der Waals surface area contributed by atoms with Gasteiger partial charge in [0.15, 0.2) is 0 Å². The molecule has 0 saturated carbocycles. The quantitative estimate of drug-likeness (QED) is 0.655. The third-order valence-electron chi connectivity index (χ3n) is 1.47. The van der Waals surface area contributed by atoms with Gasteiger partial charge in [-0.1, -0.05) is 18.2 Å². The SMILES string of the molecule is Cc1ccccc1S(=O)(=O)N=O. The number of nitrogens with zero attached hydrogens (tertiary/aromatic N) is 1. The standard InChI is InChI=1S/C7H7NO3S/c1-6-4-2-3-5-7(6)12(10,11)8-9/h2-5H,1H3. The topological polar surface area (TPSA) is 63.6 Å². The van der Waals surface area contributed by atoms with Crippen molar-refractivity contribution in [2.24, 2.45) is 4.58 Å². The van der Waals surface area contributed by atoms with Gasteiger partial charge in [0.25, 0.3) is 0 Å². The maximum absolute atomic E-state index is 10.9. The van der Waals surface area contributed by atoms with E-state index < -0.39 is 10.0 Å². The molecule has 0 radical (unpaired) electrons. The minimum atomic E-state index is -3.96. The number of hydrogen-bond acceptors (Lipinski definition) is 3. The summed E-state index contributed by atoms with van der Waals surface area (Å²) in [6.07, 6.45) is 0. The Labute approximate surface area is 70.3 Å². The predicted molar refractivity (Wildman–Crippen MR) is 44.2 cm³/mol. The summed E-state index contributed by atoms with van der Waals surface area (Å²) in [5, 5.41) is 0. The third kappa shape index (κ3) is 1.50. The Morgan fingerprint density at radius 2 is 1.83 bits per heavy atom. The van der Waals surface area contributed by atoms with Crippen LogP contribution in [-0.2, 0) is 10.0 Å². The van der Waals surface area contributed by atoms with Crippen LogP contribution < -0.4 is 0 Å². The Balaban J connectivity index is 3.39. The van der Waals surface area contributed by atoms with Crippen LogP contribution in [0.1, 0.15) is 5.56 Å². The van der Waals surface area contributed by atoms with Gasteiger partial charge in [0, 0.05) is 0 Å². The van der Waals surface area contributed by atoms with Crippen LogP contribution in [0.25, 0.3) is 0 Å². The Morgan fingerprint density at radius 1 is 1.25 bits per heavy atom. The molecule has 0 aliphatic heterocycles. The maximum Gasteiger partial charge on any atom is 0.317 e. The summed E-state index contributed by atoms with van der Waals surface area (Å²) in [5.74, 6) is 0. The lowest BCUT2D eigenvalue weighted by atomic mass is 10.2. The van der Waals surface area contributed by atoms with Crippen molar-refractivity contribution in [2.75, 3.05) is 0 Å². The summed E-state index contributed by atoms with van der Waals surface area (Å²) in [5.41, 5.74) is 0.525. The van der Waals surface area contributed by atoms with Crippen molar-refractivity contribution < 1.29 is 8.42 Å². The van der Waals surface area contributed by atoms with Crippen LogP contribution in [0.15, 0.2) is 33.7 Å². The van der Waals surface area contributed by atoms with Crippen molar-refractivity contribution in [3.63, 3.8) is 0 Å². The number of rotatable bonds is 2. The zero-order valence-electron chi connectivity index (χ0n) is 6.39. The molecule has 0 spiro atoms. The van der Waals surface area contributed by atoms with E-state index in [9.17, 15) is 13.3 Å². The summed E-state index contributed by atoms with van der Waals surface area (Å²) in [6, 6.07) is 6.20. The number of nitroso groups, excluding NO2 is 1. The highest BCUT2D eigenvalue weighted by molar-refractivity contribution is 7.90. The fourth-order valence-corrected chi connectivity index (χ4v) is 1.69. The summed E-state index contributed by atoms with van der Waals surface area (Å²) in [7, 11) is -3.96. The molecule has 0 fully saturated rings. The van der Waals surface area contributed by atoms with E-state index in [0.717, 1.165) is 0 Å². The Morgan fingerprint density at radius 3 is 2.33 bits per heavy atom. The molecule has 1 aromatic carbocycles. The smallest absolute Gasteiger partial charge is 0.196 e. The predicted octanol–water partition coefficient (Wildman–Crippen LogP) is 1.45. The lowest BCUT2D eigenvalue weighted by Crippen LogP contribution is -1.97.